The third-order valence-electron chi connectivity index (χ3n) is 5.66. The van der Waals surface area contributed by atoms with Gasteiger partial charge in [0.1, 0.15) is 15.9 Å². The summed E-state index contributed by atoms with van der Waals surface area (Å²) in [6.07, 6.45) is 5.91. The van der Waals surface area contributed by atoms with Crippen LogP contribution in [-0.2, 0) is 24.2 Å². The number of carbonyl (C=O) groups is 2. The van der Waals surface area contributed by atoms with Crippen LogP contribution >= 0.6 is 0 Å². The van der Waals surface area contributed by atoms with Gasteiger partial charge in [-0.3, -0.25) is 14.6 Å². The first-order valence-electron chi connectivity index (χ1n) is 9.53. The lowest BCUT2D eigenvalue weighted by molar-refractivity contribution is -0.151. The minimum atomic E-state index is -3.16. The molecule has 1 spiro atoms. The van der Waals surface area contributed by atoms with E-state index < -0.39 is 21.5 Å². The number of anilines is 1. The van der Waals surface area contributed by atoms with Crippen LogP contribution in [0.4, 0.5) is 5.69 Å². The Morgan fingerprint density at radius 1 is 1.39 bits per heavy atom. The number of likely N-dealkylation sites (tertiary alicyclic amines) is 1. The Kier molecular flexibility index (Phi) is 6.04. The summed E-state index contributed by atoms with van der Waals surface area (Å²) in [5.41, 5.74) is 0.223. The van der Waals surface area contributed by atoms with E-state index in [0.29, 0.717) is 31.6 Å². The van der Waals surface area contributed by atoms with E-state index in [4.69, 9.17) is 4.74 Å². The highest BCUT2D eigenvalue weighted by Crippen LogP contribution is 2.42. The molecule has 2 amide bonds. The average Bonchev–Trinajstić information content (AvgIpc) is 3.08. The Morgan fingerprint density at radius 3 is 2.82 bits per heavy atom. The highest BCUT2D eigenvalue weighted by molar-refractivity contribution is 7.90. The summed E-state index contributed by atoms with van der Waals surface area (Å²) in [6.45, 7) is 3.06. The number of hydrogen-bond acceptors (Lipinski definition) is 6. The molecule has 1 aromatic heterocycles. The lowest BCUT2D eigenvalue weighted by Crippen LogP contribution is -2.53. The number of ether oxygens (including phenoxy) is 1. The van der Waals surface area contributed by atoms with Gasteiger partial charge in [0.25, 0.3) is 5.91 Å². The first-order valence-corrected chi connectivity index (χ1v) is 11.6. The van der Waals surface area contributed by atoms with Crippen molar-refractivity contribution in [1.29, 1.82) is 0 Å². The zero-order valence-corrected chi connectivity index (χ0v) is 17.1. The fraction of sp³-hybridized carbons (Fsp3) is 0.632. The topological polar surface area (TPSA) is 106 Å². The second-order valence-electron chi connectivity index (χ2n) is 7.81. The Bertz CT molecular complexity index is 829. The highest BCUT2D eigenvalue weighted by Gasteiger charge is 2.49. The average molecular weight is 410 g/mol. The van der Waals surface area contributed by atoms with Gasteiger partial charge in [-0.2, -0.15) is 0 Å². The molecule has 2 aliphatic rings. The number of nitrogens with one attached hydrogen (secondary N) is 1. The number of piperidine rings is 1. The van der Waals surface area contributed by atoms with Crippen LogP contribution in [0.15, 0.2) is 24.5 Å². The lowest BCUT2D eigenvalue weighted by Gasteiger charge is -2.44. The zero-order valence-electron chi connectivity index (χ0n) is 16.3. The summed E-state index contributed by atoms with van der Waals surface area (Å²) >= 11 is 0. The number of sulfone groups is 1. The predicted molar refractivity (Wildman–Crippen MR) is 104 cm³/mol. The molecule has 0 saturated carbocycles. The molecule has 2 aliphatic heterocycles. The van der Waals surface area contributed by atoms with E-state index in [0.717, 1.165) is 12.7 Å². The molecule has 0 radical (unpaired) electrons. The Morgan fingerprint density at radius 2 is 2.18 bits per heavy atom. The van der Waals surface area contributed by atoms with Crippen molar-refractivity contribution in [2.45, 2.75) is 44.3 Å². The van der Waals surface area contributed by atoms with E-state index in [1.165, 1.54) is 0 Å². The van der Waals surface area contributed by atoms with Crippen LogP contribution in [0.1, 0.15) is 32.6 Å². The Balaban J connectivity index is 1.55. The van der Waals surface area contributed by atoms with E-state index in [1.807, 2.05) is 6.92 Å². The van der Waals surface area contributed by atoms with Gasteiger partial charge in [-0.1, -0.05) is 6.92 Å². The Labute approximate surface area is 165 Å². The number of nitrogens with zero attached hydrogens (tertiary/aromatic N) is 2. The van der Waals surface area contributed by atoms with Crippen LogP contribution in [0.2, 0.25) is 0 Å². The summed E-state index contributed by atoms with van der Waals surface area (Å²) < 4.78 is 28.8. The quantitative estimate of drug-likeness (QED) is 0.784. The van der Waals surface area contributed by atoms with Gasteiger partial charge in [0.2, 0.25) is 5.91 Å². The third kappa shape index (κ3) is 4.88. The fourth-order valence-corrected chi connectivity index (χ4v) is 4.53. The molecule has 9 heteroatoms. The molecule has 2 saturated heterocycles. The van der Waals surface area contributed by atoms with Crippen LogP contribution in [0.25, 0.3) is 0 Å². The maximum atomic E-state index is 12.5. The first-order chi connectivity index (χ1) is 13.2. The van der Waals surface area contributed by atoms with Gasteiger partial charge in [0, 0.05) is 37.9 Å². The molecule has 0 aromatic carbocycles. The standard InChI is InChI=1S/C19H27N3O5S/c1-14-13-22(17(23)6-11-28(2,25)26)10-8-19(14)7-5-16(27-19)18(24)21-15-4-3-9-20-12-15/h3-4,9,12,14,16H,5-8,10-11,13H2,1-2H3,(H,21,24). The molecular formula is C19H27N3O5S. The van der Waals surface area contributed by atoms with Gasteiger partial charge in [-0.25, -0.2) is 8.42 Å². The number of aromatic nitrogens is 1. The second-order valence-corrected chi connectivity index (χ2v) is 10.1. The van der Waals surface area contributed by atoms with E-state index in [2.05, 4.69) is 10.3 Å². The zero-order chi connectivity index (χ0) is 20.4. The first kappa shape index (κ1) is 20.7. The van der Waals surface area contributed by atoms with Crippen LogP contribution in [0, 0.1) is 5.92 Å². The van der Waals surface area contributed by atoms with Crippen LogP contribution < -0.4 is 5.32 Å². The number of amides is 2. The summed E-state index contributed by atoms with van der Waals surface area (Å²) in [5.74, 6) is -0.381. The lowest BCUT2D eigenvalue weighted by atomic mass is 9.80. The van der Waals surface area contributed by atoms with Gasteiger partial charge in [-0.15, -0.1) is 0 Å². The molecule has 3 rings (SSSR count). The Hall–Kier alpha value is -2.00. The molecule has 28 heavy (non-hydrogen) atoms. The second kappa shape index (κ2) is 8.16. The van der Waals surface area contributed by atoms with Crippen molar-refractivity contribution in [2.75, 3.05) is 30.4 Å². The predicted octanol–water partition coefficient (Wildman–Crippen LogP) is 1.24. The summed E-state index contributed by atoms with van der Waals surface area (Å²) in [5, 5.41) is 2.83. The van der Waals surface area contributed by atoms with Crippen LogP contribution in [0.5, 0.6) is 0 Å². The molecule has 3 heterocycles. The minimum absolute atomic E-state index is 0.00948. The van der Waals surface area contributed by atoms with Crippen molar-refractivity contribution in [3.63, 3.8) is 0 Å². The molecule has 1 N–H and O–H groups in total. The van der Waals surface area contributed by atoms with Crippen molar-refractivity contribution in [3.05, 3.63) is 24.5 Å². The number of rotatable bonds is 5. The largest absolute Gasteiger partial charge is 0.362 e. The SMILES string of the molecule is CC1CN(C(=O)CCS(C)(=O)=O)CCC12CCC(C(=O)Nc1cccnc1)O2. The summed E-state index contributed by atoms with van der Waals surface area (Å²) in [7, 11) is -3.16. The van der Waals surface area contributed by atoms with E-state index in [1.54, 1.807) is 29.4 Å². The van der Waals surface area contributed by atoms with Crippen molar-refractivity contribution in [3.8, 4) is 0 Å². The summed E-state index contributed by atoms with van der Waals surface area (Å²) in [6, 6.07) is 3.53. The maximum absolute atomic E-state index is 12.5. The van der Waals surface area contributed by atoms with Gasteiger partial charge >= 0.3 is 0 Å². The fourth-order valence-electron chi connectivity index (χ4n) is 3.98. The molecule has 3 unspecified atom stereocenters. The summed E-state index contributed by atoms with van der Waals surface area (Å²) in [4.78, 5) is 30.5. The molecule has 154 valence electrons. The molecule has 2 fully saturated rings. The van der Waals surface area contributed by atoms with Crippen LogP contribution in [-0.4, -0.2) is 66.9 Å². The number of hydrogen-bond donors (Lipinski definition) is 1. The molecule has 0 aliphatic carbocycles. The normalized spacial score (nSPS) is 27.7. The molecule has 1 aromatic rings. The van der Waals surface area contributed by atoms with Crippen molar-refractivity contribution in [1.82, 2.24) is 9.88 Å². The molecule has 8 nitrogen and oxygen atoms in total. The third-order valence-corrected chi connectivity index (χ3v) is 6.61. The number of pyridine rings is 1. The van der Waals surface area contributed by atoms with Crippen molar-refractivity contribution in [2.24, 2.45) is 5.92 Å². The van der Waals surface area contributed by atoms with Gasteiger partial charge < -0.3 is 15.0 Å². The monoisotopic (exact) mass is 409 g/mol. The van der Waals surface area contributed by atoms with Crippen LogP contribution in [0.3, 0.4) is 0 Å². The number of carbonyl (C=O) groups excluding carboxylic acids is 2. The smallest absolute Gasteiger partial charge is 0.253 e. The van der Waals surface area contributed by atoms with Crippen molar-refractivity contribution >= 4 is 27.3 Å². The molecule has 3 atom stereocenters. The van der Waals surface area contributed by atoms with Crippen molar-refractivity contribution < 1.29 is 22.7 Å². The van der Waals surface area contributed by atoms with E-state index in [-0.39, 0.29) is 29.9 Å². The minimum Gasteiger partial charge on any atom is -0.362 e. The van der Waals surface area contributed by atoms with Gasteiger partial charge in [0.05, 0.1) is 23.2 Å². The molecular weight excluding hydrogens is 382 g/mol. The highest BCUT2D eigenvalue weighted by atomic mass is 32.2. The molecule has 0 bridgehead atoms. The van der Waals surface area contributed by atoms with E-state index >= 15 is 0 Å². The van der Waals surface area contributed by atoms with Gasteiger partial charge in [-0.05, 0) is 31.4 Å². The van der Waals surface area contributed by atoms with Gasteiger partial charge in [0.15, 0.2) is 0 Å². The maximum Gasteiger partial charge on any atom is 0.253 e. The van der Waals surface area contributed by atoms with E-state index in [9.17, 15) is 18.0 Å².